The fourth-order valence-corrected chi connectivity index (χ4v) is 2.82. The van der Waals surface area contributed by atoms with Crippen molar-refractivity contribution in [2.45, 2.75) is 45.1 Å². The van der Waals surface area contributed by atoms with Gasteiger partial charge in [-0.2, -0.15) is 0 Å². The van der Waals surface area contributed by atoms with E-state index in [0.717, 1.165) is 5.92 Å². The van der Waals surface area contributed by atoms with E-state index < -0.39 is 0 Å². The van der Waals surface area contributed by atoms with Gasteiger partial charge in [0, 0.05) is 31.5 Å². The summed E-state index contributed by atoms with van der Waals surface area (Å²) < 4.78 is 0. The SMILES string of the molecule is CCC1CCC(Nc2cccc(N(C)C)c2)CC1. The molecule has 1 aromatic rings. The van der Waals surface area contributed by atoms with Crippen LogP contribution in [0.3, 0.4) is 0 Å². The number of hydrogen-bond acceptors (Lipinski definition) is 2. The van der Waals surface area contributed by atoms with Gasteiger partial charge < -0.3 is 10.2 Å². The summed E-state index contributed by atoms with van der Waals surface area (Å²) in [7, 11) is 4.18. The van der Waals surface area contributed by atoms with Crippen LogP contribution in [-0.2, 0) is 0 Å². The topological polar surface area (TPSA) is 15.3 Å². The van der Waals surface area contributed by atoms with Crippen molar-refractivity contribution in [1.82, 2.24) is 0 Å². The molecule has 0 aliphatic heterocycles. The van der Waals surface area contributed by atoms with Gasteiger partial charge >= 0.3 is 0 Å². The van der Waals surface area contributed by atoms with Crippen LogP contribution in [-0.4, -0.2) is 20.1 Å². The lowest BCUT2D eigenvalue weighted by Gasteiger charge is -2.29. The molecule has 2 rings (SSSR count). The molecule has 0 heterocycles. The van der Waals surface area contributed by atoms with Gasteiger partial charge in [-0.15, -0.1) is 0 Å². The van der Waals surface area contributed by atoms with E-state index in [4.69, 9.17) is 0 Å². The quantitative estimate of drug-likeness (QED) is 0.859. The van der Waals surface area contributed by atoms with E-state index in [0.29, 0.717) is 6.04 Å². The minimum absolute atomic E-state index is 0.671. The van der Waals surface area contributed by atoms with Crippen LogP contribution in [0.15, 0.2) is 24.3 Å². The van der Waals surface area contributed by atoms with Crippen molar-refractivity contribution in [2.24, 2.45) is 5.92 Å². The second-order valence-electron chi connectivity index (χ2n) is 5.71. The minimum Gasteiger partial charge on any atom is -0.382 e. The molecule has 1 aromatic carbocycles. The summed E-state index contributed by atoms with van der Waals surface area (Å²) in [5.74, 6) is 0.969. The molecule has 1 aliphatic carbocycles. The summed E-state index contributed by atoms with van der Waals surface area (Å²) in [6.07, 6.45) is 6.78. The molecule has 0 radical (unpaired) electrons. The van der Waals surface area contributed by atoms with Crippen molar-refractivity contribution in [3.8, 4) is 0 Å². The highest BCUT2D eigenvalue weighted by atomic mass is 15.1. The maximum Gasteiger partial charge on any atom is 0.0381 e. The van der Waals surface area contributed by atoms with Crippen molar-refractivity contribution in [3.63, 3.8) is 0 Å². The predicted molar refractivity (Wildman–Crippen MR) is 80.4 cm³/mol. The largest absolute Gasteiger partial charge is 0.382 e. The molecule has 0 saturated heterocycles. The van der Waals surface area contributed by atoms with E-state index in [1.165, 1.54) is 43.5 Å². The summed E-state index contributed by atoms with van der Waals surface area (Å²) in [5.41, 5.74) is 2.53. The van der Waals surface area contributed by atoms with Gasteiger partial charge in [-0.25, -0.2) is 0 Å². The number of benzene rings is 1. The summed E-state index contributed by atoms with van der Waals surface area (Å²) in [6.45, 7) is 2.32. The first-order valence-corrected chi connectivity index (χ1v) is 7.23. The number of rotatable bonds is 4. The number of nitrogens with one attached hydrogen (secondary N) is 1. The van der Waals surface area contributed by atoms with Gasteiger partial charge in [0.05, 0.1) is 0 Å². The summed E-state index contributed by atoms with van der Waals surface area (Å²) in [4.78, 5) is 2.15. The van der Waals surface area contributed by atoms with Crippen LogP contribution in [0.2, 0.25) is 0 Å². The van der Waals surface area contributed by atoms with E-state index in [1.54, 1.807) is 0 Å². The molecular formula is C16H26N2. The second kappa shape index (κ2) is 6.12. The Hall–Kier alpha value is -1.18. The van der Waals surface area contributed by atoms with Gasteiger partial charge in [0.15, 0.2) is 0 Å². The first kappa shape index (κ1) is 13.3. The molecule has 1 N–H and O–H groups in total. The van der Waals surface area contributed by atoms with Gasteiger partial charge in [0.1, 0.15) is 0 Å². The molecular weight excluding hydrogens is 220 g/mol. The van der Waals surface area contributed by atoms with Crippen LogP contribution in [0.4, 0.5) is 11.4 Å². The third-order valence-electron chi connectivity index (χ3n) is 4.16. The van der Waals surface area contributed by atoms with E-state index >= 15 is 0 Å². The molecule has 0 atom stereocenters. The molecule has 0 bridgehead atoms. The molecule has 1 saturated carbocycles. The molecule has 0 unspecified atom stereocenters. The van der Waals surface area contributed by atoms with Crippen molar-refractivity contribution < 1.29 is 0 Å². The van der Waals surface area contributed by atoms with Crippen LogP contribution in [0.5, 0.6) is 0 Å². The lowest BCUT2D eigenvalue weighted by molar-refractivity contribution is 0.330. The molecule has 100 valence electrons. The van der Waals surface area contributed by atoms with Gasteiger partial charge in [-0.05, 0) is 49.8 Å². The van der Waals surface area contributed by atoms with Crippen molar-refractivity contribution in [1.29, 1.82) is 0 Å². The van der Waals surface area contributed by atoms with Crippen molar-refractivity contribution in [2.75, 3.05) is 24.3 Å². The maximum atomic E-state index is 3.69. The van der Waals surface area contributed by atoms with Crippen molar-refractivity contribution >= 4 is 11.4 Å². The van der Waals surface area contributed by atoms with Crippen LogP contribution in [0, 0.1) is 5.92 Å². The Labute approximate surface area is 111 Å². The average Bonchev–Trinajstić information content (AvgIpc) is 2.40. The lowest BCUT2D eigenvalue weighted by atomic mass is 9.84. The zero-order valence-corrected chi connectivity index (χ0v) is 11.9. The summed E-state index contributed by atoms with van der Waals surface area (Å²) in [6, 6.07) is 9.38. The number of anilines is 2. The Kier molecular flexibility index (Phi) is 4.51. The standard InChI is InChI=1S/C16H26N2/c1-4-13-8-10-14(11-9-13)17-15-6-5-7-16(12-15)18(2)3/h5-7,12-14,17H,4,8-11H2,1-3H3. The lowest BCUT2D eigenvalue weighted by Crippen LogP contribution is -2.25. The fourth-order valence-electron chi connectivity index (χ4n) is 2.82. The zero-order chi connectivity index (χ0) is 13.0. The third-order valence-corrected chi connectivity index (χ3v) is 4.16. The first-order chi connectivity index (χ1) is 8.69. The van der Waals surface area contributed by atoms with E-state index in [2.05, 4.69) is 55.5 Å². The molecule has 0 spiro atoms. The molecule has 1 fully saturated rings. The molecule has 0 aromatic heterocycles. The molecule has 2 nitrogen and oxygen atoms in total. The highest BCUT2D eigenvalue weighted by Crippen LogP contribution is 2.29. The van der Waals surface area contributed by atoms with Crippen LogP contribution in [0.25, 0.3) is 0 Å². The number of nitrogens with zero attached hydrogens (tertiary/aromatic N) is 1. The normalized spacial score (nSPS) is 23.7. The van der Waals surface area contributed by atoms with Gasteiger partial charge in [-0.3, -0.25) is 0 Å². The van der Waals surface area contributed by atoms with Gasteiger partial charge in [-0.1, -0.05) is 19.4 Å². The third kappa shape index (κ3) is 3.41. The monoisotopic (exact) mass is 246 g/mol. The van der Waals surface area contributed by atoms with Crippen LogP contribution < -0.4 is 10.2 Å². The van der Waals surface area contributed by atoms with Crippen LogP contribution >= 0.6 is 0 Å². The summed E-state index contributed by atoms with van der Waals surface area (Å²) >= 11 is 0. The molecule has 0 amide bonds. The van der Waals surface area contributed by atoms with E-state index in [-0.39, 0.29) is 0 Å². The van der Waals surface area contributed by atoms with Gasteiger partial charge in [0.25, 0.3) is 0 Å². The Balaban J connectivity index is 1.92. The minimum atomic E-state index is 0.671. The van der Waals surface area contributed by atoms with Crippen LogP contribution in [0.1, 0.15) is 39.0 Å². The Bertz CT molecular complexity index is 365. The Morgan fingerprint density at radius 1 is 1.17 bits per heavy atom. The second-order valence-corrected chi connectivity index (χ2v) is 5.71. The fraction of sp³-hybridized carbons (Fsp3) is 0.625. The zero-order valence-electron chi connectivity index (χ0n) is 11.9. The highest BCUT2D eigenvalue weighted by molar-refractivity contribution is 5.57. The van der Waals surface area contributed by atoms with Crippen molar-refractivity contribution in [3.05, 3.63) is 24.3 Å². The first-order valence-electron chi connectivity index (χ1n) is 7.23. The highest BCUT2D eigenvalue weighted by Gasteiger charge is 2.19. The maximum absolute atomic E-state index is 3.69. The summed E-state index contributed by atoms with van der Waals surface area (Å²) in [5, 5.41) is 3.69. The van der Waals surface area contributed by atoms with E-state index in [1.807, 2.05) is 0 Å². The van der Waals surface area contributed by atoms with E-state index in [9.17, 15) is 0 Å². The Morgan fingerprint density at radius 3 is 2.50 bits per heavy atom. The average molecular weight is 246 g/mol. The molecule has 2 heteroatoms. The smallest absolute Gasteiger partial charge is 0.0381 e. The molecule has 18 heavy (non-hydrogen) atoms. The predicted octanol–water partition coefficient (Wildman–Crippen LogP) is 4.13. The Morgan fingerprint density at radius 2 is 1.89 bits per heavy atom. The van der Waals surface area contributed by atoms with Gasteiger partial charge in [0.2, 0.25) is 0 Å². The number of hydrogen-bond donors (Lipinski definition) is 1. The molecule has 1 aliphatic rings.